The summed E-state index contributed by atoms with van der Waals surface area (Å²) in [5.41, 5.74) is 0.846. The Kier molecular flexibility index (Phi) is 8.67. The molecule has 2 aromatic carbocycles. The zero-order valence-corrected chi connectivity index (χ0v) is 23.2. The highest BCUT2D eigenvalue weighted by Gasteiger charge is 2.39. The highest BCUT2D eigenvalue weighted by Crippen LogP contribution is 2.32. The number of aromatic hydroxyl groups is 1. The number of phenolic OH excluding ortho intramolecular Hbond substituents is 1. The minimum absolute atomic E-state index is 0.0105. The third-order valence-electron chi connectivity index (χ3n) is 7.49. The van der Waals surface area contributed by atoms with Crippen LogP contribution in [0.2, 0.25) is 0 Å². The van der Waals surface area contributed by atoms with E-state index in [1.807, 2.05) is 24.3 Å². The predicted octanol–water partition coefficient (Wildman–Crippen LogP) is 2.48. The lowest BCUT2D eigenvalue weighted by Gasteiger charge is -2.34. The average Bonchev–Trinajstić information content (AvgIpc) is 2.89. The summed E-state index contributed by atoms with van der Waals surface area (Å²) in [7, 11) is -3.81. The Morgan fingerprint density at radius 3 is 2.40 bits per heavy atom. The molecule has 2 unspecified atom stereocenters. The van der Waals surface area contributed by atoms with E-state index >= 15 is 0 Å². The Balaban J connectivity index is 1.44. The number of carbonyl (C=O) groups excluding carboxylic acids is 1. The van der Waals surface area contributed by atoms with Crippen molar-refractivity contribution in [1.82, 2.24) is 9.88 Å². The van der Waals surface area contributed by atoms with Gasteiger partial charge in [0.25, 0.3) is 11.5 Å². The van der Waals surface area contributed by atoms with Gasteiger partial charge in [-0.1, -0.05) is 24.3 Å². The van der Waals surface area contributed by atoms with Gasteiger partial charge in [-0.05, 0) is 67.1 Å². The molecule has 3 aromatic rings. The summed E-state index contributed by atoms with van der Waals surface area (Å²) in [4.78, 5) is 25.4. The third kappa shape index (κ3) is 6.55. The maximum absolute atomic E-state index is 12.9. The van der Waals surface area contributed by atoms with Gasteiger partial charge < -0.3 is 25.4 Å². The van der Waals surface area contributed by atoms with E-state index in [2.05, 4.69) is 5.32 Å². The summed E-state index contributed by atoms with van der Waals surface area (Å²) in [6.07, 6.45) is 2.28. The Labute approximate surface area is 232 Å². The van der Waals surface area contributed by atoms with Crippen LogP contribution in [0.4, 0.5) is 0 Å². The molecule has 1 aromatic heterocycles. The summed E-state index contributed by atoms with van der Waals surface area (Å²) in [6.45, 7) is 1.20. The molecular formula is C29H34N2O8S. The molecule has 1 amide bonds. The van der Waals surface area contributed by atoms with Crippen molar-refractivity contribution >= 4 is 15.7 Å². The maximum Gasteiger partial charge on any atom is 0.255 e. The Morgan fingerprint density at radius 1 is 1.12 bits per heavy atom. The summed E-state index contributed by atoms with van der Waals surface area (Å²) in [5.74, 6) is 0.0827. The highest BCUT2D eigenvalue weighted by molar-refractivity contribution is 7.92. The Morgan fingerprint density at radius 2 is 1.80 bits per heavy atom. The number of ether oxygens (including phenoxy) is 1. The molecule has 0 saturated heterocycles. The molecule has 2 atom stereocenters. The standard InChI is InChI=1S/C29H34N2O8S/c1-29(40(2,37)38,18-30-28(36)24-5-3-4-6-25(24)33)16-27(35)31-12-11-21(15-26(31)34)20-7-9-22(10-8-20)39-23-13-19(14-23)17-32/h3-12,15,19,23,27,32-33,35H,13-14,16-18H2,1-2H3,(H,30,36). The fourth-order valence-corrected chi connectivity index (χ4v) is 5.41. The van der Waals surface area contributed by atoms with E-state index in [4.69, 9.17) is 9.84 Å². The second kappa shape index (κ2) is 11.8. The van der Waals surface area contributed by atoms with Crippen molar-refractivity contribution in [2.75, 3.05) is 19.4 Å². The number of nitrogens with zero attached hydrogens (tertiary/aromatic N) is 1. The van der Waals surface area contributed by atoms with Gasteiger partial charge in [-0.15, -0.1) is 0 Å². The van der Waals surface area contributed by atoms with E-state index in [1.165, 1.54) is 31.3 Å². The van der Waals surface area contributed by atoms with Gasteiger partial charge in [-0.25, -0.2) is 8.42 Å². The molecule has 1 heterocycles. The number of pyridine rings is 1. The molecule has 0 aliphatic heterocycles. The van der Waals surface area contributed by atoms with E-state index in [-0.39, 0.29) is 37.0 Å². The summed E-state index contributed by atoms with van der Waals surface area (Å²) in [6, 6.07) is 16.1. The molecule has 40 heavy (non-hydrogen) atoms. The molecule has 0 bridgehead atoms. The van der Waals surface area contributed by atoms with Crippen molar-refractivity contribution in [2.45, 2.75) is 43.3 Å². The molecule has 1 aliphatic carbocycles. The van der Waals surface area contributed by atoms with Gasteiger partial charge in [0.15, 0.2) is 9.84 Å². The fraction of sp³-hybridized carbons (Fsp3) is 0.379. The minimum atomic E-state index is -3.81. The molecule has 214 valence electrons. The number of aromatic nitrogens is 1. The van der Waals surface area contributed by atoms with Crippen molar-refractivity contribution in [2.24, 2.45) is 5.92 Å². The van der Waals surface area contributed by atoms with Crippen LogP contribution in [0.15, 0.2) is 71.7 Å². The van der Waals surface area contributed by atoms with Crippen molar-refractivity contribution < 1.29 is 33.3 Å². The van der Waals surface area contributed by atoms with Crippen LogP contribution in [0.3, 0.4) is 0 Å². The topological polar surface area (TPSA) is 155 Å². The van der Waals surface area contributed by atoms with Gasteiger partial charge in [0.1, 0.15) is 17.7 Å². The van der Waals surface area contributed by atoms with Gasteiger partial charge in [0.2, 0.25) is 0 Å². The fourth-order valence-electron chi connectivity index (χ4n) is 4.62. The number of aliphatic hydroxyl groups is 2. The smallest absolute Gasteiger partial charge is 0.255 e. The molecule has 1 fully saturated rings. The van der Waals surface area contributed by atoms with Crippen LogP contribution in [0.25, 0.3) is 11.1 Å². The lowest BCUT2D eigenvalue weighted by Crippen LogP contribution is -2.48. The van der Waals surface area contributed by atoms with E-state index < -0.39 is 32.3 Å². The van der Waals surface area contributed by atoms with E-state index in [1.54, 1.807) is 18.2 Å². The van der Waals surface area contributed by atoms with Gasteiger partial charge in [-0.2, -0.15) is 0 Å². The number of benzene rings is 2. The molecule has 11 heteroatoms. The number of rotatable bonds is 11. The second-order valence-corrected chi connectivity index (χ2v) is 13.1. The number of phenols is 1. The number of hydrogen-bond donors (Lipinski definition) is 4. The van der Waals surface area contributed by atoms with Gasteiger partial charge in [-0.3, -0.25) is 14.2 Å². The third-order valence-corrected chi connectivity index (χ3v) is 9.59. The normalized spacial score (nSPS) is 19.2. The summed E-state index contributed by atoms with van der Waals surface area (Å²) in [5, 5.41) is 32.5. The number of sulfone groups is 1. The predicted molar refractivity (Wildman–Crippen MR) is 150 cm³/mol. The van der Waals surface area contributed by atoms with Crippen LogP contribution >= 0.6 is 0 Å². The minimum Gasteiger partial charge on any atom is -0.507 e. The van der Waals surface area contributed by atoms with E-state index in [0.717, 1.165) is 29.2 Å². The van der Waals surface area contributed by atoms with Crippen molar-refractivity contribution in [3.63, 3.8) is 0 Å². The number of carbonyl (C=O) groups is 1. The Hall–Kier alpha value is -3.67. The number of amides is 1. The quantitative estimate of drug-likeness (QED) is 0.274. The number of aliphatic hydroxyl groups excluding tert-OH is 2. The number of para-hydroxylation sites is 1. The molecule has 4 rings (SSSR count). The molecule has 0 radical (unpaired) electrons. The van der Waals surface area contributed by atoms with Crippen molar-refractivity contribution in [3.8, 4) is 22.6 Å². The van der Waals surface area contributed by atoms with E-state index in [9.17, 15) is 28.2 Å². The van der Waals surface area contributed by atoms with Crippen molar-refractivity contribution in [1.29, 1.82) is 0 Å². The molecule has 10 nitrogen and oxygen atoms in total. The zero-order valence-electron chi connectivity index (χ0n) is 22.4. The summed E-state index contributed by atoms with van der Waals surface area (Å²) >= 11 is 0. The number of hydrogen-bond acceptors (Lipinski definition) is 8. The first kappa shape index (κ1) is 29.3. The largest absolute Gasteiger partial charge is 0.507 e. The first-order valence-corrected chi connectivity index (χ1v) is 14.8. The molecule has 0 spiro atoms. The van der Waals surface area contributed by atoms with Crippen LogP contribution in [0.1, 0.15) is 42.8 Å². The monoisotopic (exact) mass is 570 g/mol. The van der Waals surface area contributed by atoms with Gasteiger partial charge in [0.05, 0.1) is 16.4 Å². The van der Waals surface area contributed by atoms with Crippen LogP contribution in [0.5, 0.6) is 11.5 Å². The number of nitrogens with one attached hydrogen (secondary N) is 1. The van der Waals surface area contributed by atoms with Crippen LogP contribution < -0.4 is 15.6 Å². The second-order valence-electron chi connectivity index (χ2n) is 10.6. The summed E-state index contributed by atoms with van der Waals surface area (Å²) < 4.78 is 30.7. The van der Waals surface area contributed by atoms with Gasteiger partial charge in [0, 0.05) is 38.1 Å². The Bertz CT molecular complexity index is 1510. The SMILES string of the molecule is CC(CNC(=O)c1ccccc1O)(CC(O)n1ccc(-c2ccc(OC3CC(CO)C3)cc2)cc1=O)S(C)(=O)=O. The first-order chi connectivity index (χ1) is 18.9. The lowest BCUT2D eigenvalue weighted by molar-refractivity contribution is 0.0325. The van der Waals surface area contributed by atoms with Gasteiger partial charge >= 0.3 is 0 Å². The van der Waals surface area contributed by atoms with E-state index in [0.29, 0.717) is 17.2 Å². The molecular weight excluding hydrogens is 536 g/mol. The first-order valence-electron chi connectivity index (χ1n) is 12.9. The average molecular weight is 571 g/mol. The molecule has 1 saturated carbocycles. The lowest BCUT2D eigenvalue weighted by atomic mass is 9.83. The van der Waals surface area contributed by atoms with Crippen LogP contribution in [-0.4, -0.2) is 64.5 Å². The van der Waals surface area contributed by atoms with Crippen molar-refractivity contribution in [3.05, 3.63) is 82.8 Å². The maximum atomic E-state index is 12.9. The highest BCUT2D eigenvalue weighted by atomic mass is 32.2. The zero-order chi connectivity index (χ0) is 29.1. The van der Waals surface area contributed by atoms with Crippen LogP contribution in [0, 0.1) is 5.92 Å². The molecule has 1 aliphatic rings. The van der Waals surface area contributed by atoms with Crippen LogP contribution in [-0.2, 0) is 9.84 Å². The molecule has 4 N–H and O–H groups in total.